The monoisotopic (exact) mass is 607 g/mol. The summed E-state index contributed by atoms with van der Waals surface area (Å²) in [6.45, 7) is 9.74. The molecular weight excluding hydrogens is 566 g/mol. The van der Waals surface area contributed by atoms with Crippen LogP contribution in [0.25, 0.3) is 11.3 Å². The van der Waals surface area contributed by atoms with Gasteiger partial charge in [0.1, 0.15) is 11.3 Å². The highest BCUT2D eigenvalue weighted by Crippen LogP contribution is 2.45. The number of nitrogens with one attached hydrogen (secondary N) is 3. The highest BCUT2D eigenvalue weighted by atomic mass is 16.6. The maximum atomic E-state index is 13.8. The standard InChI is InChI=1S/C31H41N7O6/c1-31(2,3)44-30(42)37-13-11-36(12-14-37)28(40)20-9-7-19(8-10-20)25-24-26(34-33-25)21-5-4-6-22(23(21)27(24)39)32-29(41)35-38-15-17-43-18-16-38/h4-6,19-20H,7-18H2,1-3H3,(H,33,34)(H2,32,35,41). The first-order valence-corrected chi connectivity index (χ1v) is 15.5. The van der Waals surface area contributed by atoms with Gasteiger partial charge in [0.2, 0.25) is 5.91 Å². The molecule has 1 aromatic carbocycles. The van der Waals surface area contributed by atoms with Gasteiger partial charge in [-0.25, -0.2) is 14.6 Å². The van der Waals surface area contributed by atoms with Gasteiger partial charge >= 0.3 is 12.1 Å². The number of morpholine rings is 1. The molecule has 2 aliphatic carbocycles. The summed E-state index contributed by atoms with van der Waals surface area (Å²) in [7, 11) is 0. The van der Waals surface area contributed by atoms with E-state index >= 15 is 0 Å². The van der Waals surface area contributed by atoms with Gasteiger partial charge in [-0.2, -0.15) is 5.10 Å². The molecule has 44 heavy (non-hydrogen) atoms. The molecule has 4 aliphatic rings. The Morgan fingerprint density at radius 2 is 1.64 bits per heavy atom. The molecule has 4 amide bonds. The summed E-state index contributed by atoms with van der Waals surface area (Å²) in [5.41, 5.74) is 5.85. The van der Waals surface area contributed by atoms with Crippen molar-refractivity contribution in [3.05, 3.63) is 35.0 Å². The van der Waals surface area contributed by atoms with E-state index in [0.29, 0.717) is 80.6 Å². The van der Waals surface area contributed by atoms with E-state index in [9.17, 15) is 19.2 Å². The molecule has 236 valence electrons. The van der Waals surface area contributed by atoms with Crippen LogP contribution in [0.15, 0.2) is 18.2 Å². The van der Waals surface area contributed by atoms with Crippen LogP contribution in [0.3, 0.4) is 0 Å². The third-order valence-corrected chi connectivity index (χ3v) is 8.81. The average molecular weight is 608 g/mol. The Kier molecular flexibility index (Phi) is 8.34. The molecule has 0 spiro atoms. The van der Waals surface area contributed by atoms with Gasteiger partial charge in [-0.15, -0.1) is 0 Å². The minimum atomic E-state index is -0.552. The number of ketones is 1. The minimum Gasteiger partial charge on any atom is -0.444 e. The van der Waals surface area contributed by atoms with Crippen LogP contribution < -0.4 is 10.7 Å². The molecule has 1 saturated carbocycles. The molecule has 0 bridgehead atoms. The highest BCUT2D eigenvalue weighted by molar-refractivity contribution is 6.25. The van der Waals surface area contributed by atoms with Crippen molar-refractivity contribution >= 4 is 29.5 Å². The minimum absolute atomic E-state index is 0.0797. The Morgan fingerprint density at radius 3 is 2.32 bits per heavy atom. The van der Waals surface area contributed by atoms with Crippen molar-refractivity contribution in [3.8, 4) is 11.3 Å². The first kappa shape index (κ1) is 30.1. The molecule has 2 saturated heterocycles. The van der Waals surface area contributed by atoms with Gasteiger partial charge in [0.25, 0.3) is 0 Å². The van der Waals surface area contributed by atoms with Gasteiger partial charge < -0.3 is 24.6 Å². The fourth-order valence-electron chi connectivity index (χ4n) is 6.59. The number of hydrogen-bond acceptors (Lipinski definition) is 8. The largest absolute Gasteiger partial charge is 0.444 e. The highest BCUT2D eigenvalue weighted by Gasteiger charge is 2.39. The van der Waals surface area contributed by atoms with Crippen molar-refractivity contribution in [3.63, 3.8) is 0 Å². The van der Waals surface area contributed by atoms with Crippen molar-refractivity contribution in [2.45, 2.75) is 58.0 Å². The SMILES string of the molecule is CC(C)(C)OC(=O)N1CCN(C(=O)C2CCC(c3[nH]nc4c3C(=O)c3c(NC(=O)NN5CCOCC5)cccc3-4)CC2)CC1. The van der Waals surface area contributed by atoms with E-state index < -0.39 is 11.6 Å². The summed E-state index contributed by atoms with van der Waals surface area (Å²) in [4.78, 5) is 55.8. The number of carbonyl (C=O) groups is 4. The lowest BCUT2D eigenvalue weighted by atomic mass is 9.78. The van der Waals surface area contributed by atoms with Gasteiger partial charge in [0.15, 0.2) is 5.78 Å². The number of benzene rings is 1. The number of hydrazine groups is 1. The zero-order valence-electron chi connectivity index (χ0n) is 25.6. The van der Waals surface area contributed by atoms with Gasteiger partial charge in [-0.05, 0) is 52.5 Å². The average Bonchev–Trinajstić information content (AvgIpc) is 3.56. The number of carbonyl (C=O) groups excluding carboxylic acids is 4. The molecule has 3 heterocycles. The van der Waals surface area contributed by atoms with E-state index in [0.717, 1.165) is 31.4 Å². The second-order valence-electron chi connectivity index (χ2n) is 12.9. The number of aromatic amines is 1. The number of rotatable bonds is 4. The van der Waals surface area contributed by atoms with E-state index in [4.69, 9.17) is 9.47 Å². The lowest BCUT2D eigenvalue weighted by molar-refractivity contribution is -0.138. The maximum Gasteiger partial charge on any atom is 0.410 e. The van der Waals surface area contributed by atoms with Gasteiger partial charge in [0.05, 0.1) is 35.7 Å². The summed E-state index contributed by atoms with van der Waals surface area (Å²) in [5, 5.41) is 12.3. The normalized spacial score (nSPS) is 22.3. The molecule has 0 unspecified atom stereocenters. The number of hydrogen-bond donors (Lipinski definition) is 3. The van der Waals surface area contributed by atoms with Crippen LogP contribution in [0.1, 0.15) is 74.0 Å². The quantitative estimate of drug-likeness (QED) is 0.409. The van der Waals surface area contributed by atoms with Crippen molar-refractivity contribution in [2.75, 3.05) is 57.8 Å². The Labute approximate surface area is 256 Å². The van der Waals surface area contributed by atoms with Crippen LogP contribution in [0.4, 0.5) is 15.3 Å². The Balaban J connectivity index is 1.05. The van der Waals surface area contributed by atoms with Crippen LogP contribution in [0, 0.1) is 5.92 Å². The number of piperazine rings is 1. The van der Waals surface area contributed by atoms with Crippen LogP contribution in [0.2, 0.25) is 0 Å². The van der Waals surface area contributed by atoms with Crippen LogP contribution in [0.5, 0.6) is 0 Å². The smallest absolute Gasteiger partial charge is 0.410 e. The molecule has 6 rings (SSSR count). The second kappa shape index (κ2) is 12.2. The predicted molar refractivity (Wildman–Crippen MR) is 161 cm³/mol. The molecule has 2 aromatic rings. The number of aromatic nitrogens is 2. The van der Waals surface area contributed by atoms with Crippen molar-refractivity contribution in [1.82, 2.24) is 30.4 Å². The lowest BCUT2D eigenvalue weighted by Gasteiger charge is -2.38. The van der Waals surface area contributed by atoms with E-state index in [2.05, 4.69) is 20.9 Å². The number of fused-ring (bicyclic) bond motifs is 3. The van der Waals surface area contributed by atoms with Gasteiger partial charge in [-0.3, -0.25) is 20.1 Å². The van der Waals surface area contributed by atoms with Crippen molar-refractivity contribution < 1.29 is 28.7 Å². The van der Waals surface area contributed by atoms with E-state index in [1.165, 1.54) is 0 Å². The predicted octanol–water partition coefficient (Wildman–Crippen LogP) is 3.34. The summed E-state index contributed by atoms with van der Waals surface area (Å²) >= 11 is 0. The first-order valence-electron chi connectivity index (χ1n) is 15.5. The summed E-state index contributed by atoms with van der Waals surface area (Å²) in [6.07, 6.45) is 2.63. The van der Waals surface area contributed by atoms with E-state index in [1.54, 1.807) is 16.0 Å². The zero-order chi connectivity index (χ0) is 31.0. The Hall–Kier alpha value is -3.97. The number of H-pyrrole nitrogens is 1. The molecule has 0 atom stereocenters. The maximum absolute atomic E-state index is 13.8. The van der Waals surface area contributed by atoms with Crippen LogP contribution in [-0.4, -0.2) is 107 Å². The van der Waals surface area contributed by atoms with Crippen molar-refractivity contribution in [2.24, 2.45) is 5.92 Å². The fraction of sp³-hybridized carbons (Fsp3) is 0.581. The number of urea groups is 1. The summed E-state index contributed by atoms with van der Waals surface area (Å²) in [5.74, 6) is -0.0126. The number of nitrogens with zero attached hydrogens (tertiary/aromatic N) is 4. The number of ether oxygens (including phenoxy) is 2. The second-order valence-corrected chi connectivity index (χ2v) is 12.9. The lowest BCUT2D eigenvalue weighted by Crippen LogP contribution is -2.53. The fourth-order valence-corrected chi connectivity index (χ4v) is 6.59. The molecule has 13 nitrogen and oxygen atoms in total. The third-order valence-electron chi connectivity index (χ3n) is 8.81. The molecule has 1 aromatic heterocycles. The van der Waals surface area contributed by atoms with Crippen molar-refractivity contribution in [1.29, 1.82) is 0 Å². The topological polar surface area (TPSA) is 149 Å². The number of anilines is 1. The molecule has 3 fully saturated rings. The molecule has 13 heteroatoms. The summed E-state index contributed by atoms with van der Waals surface area (Å²) in [6, 6.07) is 4.99. The van der Waals surface area contributed by atoms with Crippen LogP contribution in [-0.2, 0) is 14.3 Å². The zero-order valence-corrected chi connectivity index (χ0v) is 25.6. The molecule has 0 radical (unpaired) electrons. The van der Waals surface area contributed by atoms with Gasteiger partial charge in [-0.1, -0.05) is 12.1 Å². The van der Waals surface area contributed by atoms with E-state index in [1.807, 2.05) is 37.8 Å². The molecule has 2 aliphatic heterocycles. The molecular formula is C31H41N7O6. The van der Waals surface area contributed by atoms with Crippen LogP contribution >= 0.6 is 0 Å². The van der Waals surface area contributed by atoms with E-state index in [-0.39, 0.29) is 29.6 Å². The molecule has 3 N–H and O–H groups in total. The Bertz CT molecular complexity index is 1430. The first-order chi connectivity index (χ1) is 21.1. The Morgan fingerprint density at radius 1 is 0.955 bits per heavy atom. The van der Waals surface area contributed by atoms with Gasteiger partial charge in [0, 0.05) is 56.7 Å². The summed E-state index contributed by atoms with van der Waals surface area (Å²) < 4.78 is 10.8. The third kappa shape index (κ3) is 6.16. The number of amides is 4.